The summed E-state index contributed by atoms with van der Waals surface area (Å²) in [5, 5.41) is 14.0. The molecule has 114 valence electrons. The zero-order valence-corrected chi connectivity index (χ0v) is 10.4. The van der Waals surface area contributed by atoms with Crippen LogP contribution in [0.4, 0.5) is 28.9 Å². The number of fused-ring (bicyclic) bond motifs is 1. The number of nitrogens with one attached hydrogen (secondary N) is 2. The van der Waals surface area contributed by atoms with E-state index in [4.69, 9.17) is 0 Å². The summed E-state index contributed by atoms with van der Waals surface area (Å²) in [4.78, 5) is 22.6. The number of rotatable bonds is 3. The molecule has 9 heteroatoms. The molecule has 0 radical (unpaired) electrons. The number of halogens is 4. The van der Waals surface area contributed by atoms with Gasteiger partial charge in [-0.05, 0) is 17.7 Å². The summed E-state index contributed by atoms with van der Waals surface area (Å²) in [5.74, 6) is -5.91. The molecule has 2 rings (SSSR count). The summed E-state index contributed by atoms with van der Waals surface area (Å²) in [6, 6.07) is 3.02. The van der Waals surface area contributed by atoms with Crippen LogP contribution in [0.25, 0.3) is 0 Å². The molecule has 0 aromatic heterocycles. The van der Waals surface area contributed by atoms with Gasteiger partial charge in [-0.15, -0.1) is 0 Å². The number of carbonyl (C=O) groups excluding carboxylic acids is 2. The molecule has 1 aliphatic heterocycles. The van der Waals surface area contributed by atoms with Crippen molar-refractivity contribution in [2.45, 2.75) is 24.9 Å². The number of anilines is 2. The Hall–Kier alpha value is -2.16. The summed E-state index contributed by atoms with van der Waals surface area (Å²) in [6.07, 6.45) is -7.24. The van der Waals surface area contributed by atoms with Gasteiger partial charge < -0.3 is 15.7 Å². The Labute approximate surface area is 115 Å². The number of aliphatic hydroxyl groups excluding tert-OH is 1. The third kappa shape index (κ3) is 2.97. The number of benzene rings is 1. The van der Waals surface area contributed by atoms with Crippen LogP contribution >= 0.6 is 0 Å². The second kappa shape index (κ2) is 5.32. The first kappa shape index (κ1) is 15.2. The monoisotopic (exact) mass is 306 g/mol. The molecule has 1 atom stereocenters. The van der Waals surface area contributed by atoms with E-state index < -0.39 is 42.3 Å². The zero-order valence-electron chi connectivity index (χ0n) is 10.4. The minimum Gasteiger partial charge on any atom is -0.382 e. The molecule has 1 unspecified atom stereocenters. The van der Waals surface area contributed by atoms with Crippen molar-refractivity contribution >= 4 is 23.2 Å². The number of alkyl halides is 4. The van der Waals surface area contributed by atoms with Crippen LogP contribution in [0.3, 0.4) is 0 Å². The smallest absolute Gasteiger partial charge is 0.336 e. The Morgan fingerprint density at radius 3 is 2.24 bits per heavy atom. The zero-order chi connectivity index (χ0) is 15.8. The molecule has 0 aliphatic carbocycles. The van der Waals surface area contributed by atoms with Crippen LogP contribution in [0.15, 0.2) is 18.2 Å². The van der Waals surface area contributed by atoms with E-state index in [1.807, 2.05) is 0 Å². The lowest BCUT2D eigenvalue weighted by Gasteiger charge is -2.22. The van der Waals surface area contributed by atoms with Crippen LogP contribution < -0.4 is 10.6 Å². The van der Waals surface area contributed by atoms with E-state index in [-0.39, 0.29) is 11.4 Å². The van der Waals surface area contributed by atoms with Crippen LogP contribution in [0, 0.1) is 0 Å². The van der Waals surface area contributed by atoms with Gasteiger partial charge in [0.1, 0.15) is 12.5 Å². The number of hydrogen-bond donors (Lipinski definition) is 3. The molecular formula is C12H10F4N2O3. The Morgan fingerprint density at radius 2 is 1.67 bits per heavy atom. The maximum atomic E-state index is 13.1. The fourth-order valence-corrected chi connectivity index (χ4v) is 1.82. The van der Waals surface area contributed by atoms with Gasteiger partial charge >= 0.3 is 12.3 Å². The molecule has 1 heterocycles. The van der Waals surface area contributed by atoms with Gasteiger partial charge in [-0.1, -0.05) is 6.07 Å². The number of carbonyl (C=O) groups is 2. The van der Waals surface area contributed by atoms with E-state index in [2.05, 4.69) is 10.6 Å². The number of amides is 2. The minimum absolute atomic E-state index is 0.0486. The first-order chi connectivity index (χ1) is 9.71. The molecule has 0 spiro atoms. The maximum Gasteiger partial charge on any atom is 0.336 e. The van der Waals surface area contributed by atoms with Crippen molar-refractivity contribution in [2.75, 3.05) is 10.6 Å². The van der Waals surface area contributed by atoms with Gasteiger partial charge in [0.25, 0.3) is 0 Å². The SMILES string of the molecule is O=C1CC(=O)Nc2cc(C(O)C(F)(F)C(F)F)ccc2N1. The van der Waals surface area contributed by atoms with Gasteiger partial charge in [-0.2, -0.15) is 8.78 Å². The van der Waals surface area contributed by atoms with Crippen molar-refractivity contribution in [1.82, 2.24) is 0 Å². The Morgan fingerprint density at radius 1 is 1.10 bits per heavy atom. The van der Waals surface area contributed by atoms with Crippen LogP contribution in [-0.2, 0) is 9.59 Å². The minimum atomic E-state index is -4.63. The summed E-state index contributed by atoms with van der Waals surface area (Å²) in [6.45, 7) is 0. The molecule has 3 N–H and O–H groups in total. The number of aliphatic hydroxyl groups is 1. The lowest BCUT2D eigenvalue weighted by Crippen LogP contribution is -2.34. The average Bonchev–Trinajstić information content (AvgIpc) is 2.52. The lowest BCUT2D eigenvalue weighted by molar-refractivity contribution is -0.193. The molecular weight excluding hydrogens is 296 g/mol. The molecule has 2 amide bonds. The summed E-state index contributed by atoms with van der Waals surface area (Å²) < 4.78 is 50.7. The quantitative estimate of drug-likeness (QED) is 0.589. The van der Waals surface area contributed by atoms with Crippen molar-refractivity contribution in [2.24, 2.45) is 0 Å². The van der Waals surface area contributed by atoms with Crippen LogP contribution in [0.2, 0.25) is 0 Å². The topological polar surface area (TPSA) is 78.4 Å². The van der Waals surface area contributed by atoms with E-state index in [1.54, 1.807) is 0 Å². The average molecular weight is 306 g/mol. The maximum absolute atomic E-state index is 13.1. The molecule has 0 fully saturated rings. The molecule has 0 bridgehead atoms. The summed E-state index contributed by atoms with van der Waals surface area (Å²) in [5.41, 5.74) is -0.426. The van der Waals surface area contributed by atoms with Crippen molar-refractivity contribution in [3.8, 4) is 0 Å². The lowest BCUT2D eigenvalue weighted by atomic mass is 10.0. The van der Waals surface area contributed by atoms with E-state index >= 15 is 0 Å². The second-order valence-corrected chi connectivity index (χ2v) is 4.46. The van der Waals surface area contributed by atoms with Crippen LogP contribution in [-0.4, -0.2) is 29.3 Å². The Kier molecular flexibility index (Phi) is 3.86. The first-order valence-corrected chi connectivity index (χ1v) is 5.79. The van der Waals surface area contributed by atoms with Gasteiger partial charge in [0.05, 0.1) is 11.4 Å². The van der Waals surface area contributed by atoms with Gasteiger partial charge in [0, 0.05) is 0 Å². The van der Waals surface area contributed by atoms with E-state index in [9.17, 15) is 32.3 Å². The normalized spacial score (nSPS) is 16.9. The largest absolute Gasteiger partial charge is 0.382 e. The summed E-state index contributed by atoms with van der Waals surface area (Å²) in [7, 11) is 0. The third-order valence-electron chi connectivity index (χ3n) is 2.88. The molecule has 1 aromatic carbocycles. The highest BCUT2D eigenvalue weighted by atomic mass is 19.3. The highest BCUT2D eigenvalue weighted by molar-refractivity contribution is 6.13. The van der Waals surface area contributed by atoms with Crippen molar-refractivity contribution in [3.63, 3.8) is 0 Å². The van der Waals surface area contributed by atoms with E-state index in [1.165, 1.54) is 0 Å². The standard InChI is InChI=1S/C12H10F4N2O3/c13-11(14)12(15,16)10(21)5-1-2-6-7(3-5)18-9(20)4-8(19)17-6/h1-3,10-11,21H,4H2,(H,17,19)(H,18,20). The first-order valence-electron chi connectivity index (χ1n) is 5.79. The van der Waals surface area contributed by atoms with Gasteiger partial charge in [-0.3, -0.25) is 9.59 Å². The van der Waals surface area contributed by atoms with Gasteiger partial charge in [0.2, 0.25) is 11.8 Å². The van der Waals surface area contributed by atoms with Gasteiger partial charge in [0.15, 0.2) is 0 Å². The predicted molar refractivity (Wildman–Crippen MR) is 64.2 cm³/mol. The molecule has 0 saturated carbocycles. The van der Waals surface area contributed by atoms with Crippen molar-refractivity contribution in [3.05, 3.63) is 23.8 Å². The molecule has 5 nitrogen and oxygen atoms in total. The second-order valence-electron chi connectivity index (χ2n) is 4.46. The van der Waals surface area contributed by atoms with Crippen molar-refractivity contribution in [1.29, 1.82) is 0 Å². The molecule has 0 saturated heterocycles. The molecule has 1 aromatic rings. The molecule has 21 heavy (non-hydrogen) atoms. The van der Waals surface area contributed by atoms with Crippen LogP contribution in [0.1, 0.15) is 18.1 Å². The summed E-state index contributed by atoms with van der Waals surface area (Å²) >= 11 is 0. The number of hydrogen-bond acceptors (Lipinski definition) is 3. The fourth-order valence-electron chi connectivity index (χ4n) is 1.82. The predicted octanol–water partition coefficient (Wildman–Crippen LogP) is 1.90. The van der Waals surface area contributed by atoms with Gasteiger partial charge in [-0.25, -0.2) is 8.78 Å². The van der Waals surface area contributed by atoms with Crippen molar-refractivity contribution < 1.29 is 32.3 Å². The Bertz CT molecular complexity index is 592. The molecule has 1 aliphatic rings. The highest BCUT2D eigenvalue weighted by Gasteiger charge is 2.49. The van der Waals surface area contributed by atoms with E-state index in [0.29, 0.717) is 0 Å². The fraction of sp³-hybridized carbons (Fsp3) is 0.333. The van der Waals surface area contributed by atoms with Crippen LogP contribution in [0.5, 0.6) is 0 Å². The highest BCUT2D eigenvalue weighted by Crippen LogP contribution is 2.38. The Balaban J connectivity index is 2.37. The van der Waals surface area contributed by atoms with E-state index in [0.717, 1.165) is 18.2 Å². The third-order valence-corrected chi connectivity index (χ3v) is 2.88.